The quantitative estimate of drug-likeness (QED) is 0.420. The zero-order valence-electron chi connectivity index (χ0n) is 12.0. The average Bonchev–Trinajstić information content (AvgIpc) is 2.59. The molecule has 0 bridgehead atoms. The summed E-state index contributed by atoms with van der Waals surface area (Å²) in [5.74, 6) is 0. The highest BCUT2D eigenvalue weighted by Crippen LogP contribution is 2.33. The molecule has 0 fully saturated rings. The number of rotatable bonds is 1. The van der Waals surface area contributed by atoms with Gasteiger partial charge in [0.15, 0.2) is 0 Å². The van der Waals surface area contributed by atoms with Crippen molar-refractivity contribution in [1.82, 2.24) is 0 Å². The van der Waals surface area contributed by atoms with E-state index >= 15 is 0 Å². The van der Waals surface area contributed by atoms with Crippen LogP contribution in [0.3, 0.4) is 0 Å². The fourth-order valence-corrected chi connectivity index (χ4v) is 3.02. The normalized spacial score (nSPS) is 10.7. The van der Waals surface area contributed by atoms with Crippen LogP contribution in [0.5, 0.6) is 0 Å². The molecule has 4 aromatic rings. The summed E-state index contributed by atoms with van der Waals surface area (Å²) < 4.78 is 0. The number of nitrogens with zero attached hydrogens (tertiary/aromatic N) is 1. The van der Waals surface area contributed by atoms with Crippen molar-refractivity contribution in [1.29, 1.82) is 5.26 Å². The van der Waals surface area contributed by atoms with Gasteiger partial charge in [-0.2, -0.15) is 5.26 Å². The van der Waals surface area contributed by atoms with Crippen LogP contribution >= 0.6 is 0 Å². The lowest BCUT2D eigenvalue weighted by Gasteiger charge is -2.10. The summed E-state index contributed by atoms with van der Waals surface area (Å²) in [6.45, 7) is 0. The highest BCUT2D eigenvalue weighted by atomic mass is 14.2. The van der Waals surface area contributed by atoms with E-state index in [9.17, 15) is 5.26 Å². The zero-order valence-corrected chi connectivity index (χ0v) is 12.0. The van der Waals surface area contributed by atoms with Crippen LogP contribution in [-0.2, 0) is 0 Å². The fourth-order valence-electron chi connectivity index (χ4n) is 3.02. The van der Waals surface area contributed by atoms with Crippen LogP contribution in [0.1, 0.15) is 5.56 Å². The van der Waals surface area contributed by atoms with Gasteiger partial charge in [-0.15, -0.1) is 0 Å². The van der Waals surface area contributed by atoms with Crippen molar-refractivity contribution in [2.24, 2.45) is 0 Å². The van der Waals surface area contributed by atoms with Crippen LogP contribution in [0.4, 0.5) is 0 Å². The molecule has 1 heteroatoms. The van der Waals surface area contributed by atoms with E-state index in [2.05, 4.69) is 60.7 Å². The molecule has 0 saturated carbocycles. The minimum Gasteiger partial charge on any atom is -0.192 e. The van der Waals surface area contributed by atoms with E-state index < -0.39 is 0 Å². The van der Waals surface area contributed by atoms with Gasteiger partial charge >= 0.3 is 0 Å². The lowest BCUT2D eigenvalue weighted by molar-refractivity contribution is 1.48. The Morgan fingerprint density at radius 2 is 1.23 bits per heavy atom. The van der Waals surface area contributed by atoms with Crippen LogP contribution in [0.25, 0.3) is 32.7 Å². The first-order valence-electron chi connectivity index (χ1n) is 7.28. The molecule has 0 amide bonds. The van der Waals surface area contributed by atoms with E-state index in [0.717, 1.165) is 11.1 Å². The minimum absolute atomic E-state index is 0.711. The smallest absolute Gasteiger partial charge is 0.0998 e. The molecular formula is C21H13N. The standard InChI is InChI=1S/C21H13N/c22-14-18-8-3-4-10-19(18)20-11-5-9-17-12-15-6-1-2-7-16(15)13-21(17)20/h1-13H. The molecule has 0 saturated heterocycles. The van der Waals surface area contributed by atoms with Crippen molar-refractivity contribution in [3.8, 4) is 17.2 Å². The van der Waals surface area contributed by atoms with Crippen molar-refractivity contribution in [2.75, 3.05) is 0 Å². The van der Waals surface area contributed by atoms with Crippen molar-refractivity contribution >= 4 is 21.5 Å². The van der Waals surface area contributed by atoms with Gasteiger partial charge < -0.3 is 0 Å². The topological polar surface area (TPSA) is 23.8 Å². The lowest BCUT2D eigenvalue weighted by atomic mass is 9.93. The summed E-state index contributed by atoms with van der Waals surface area (Å²) in [6.07, 6.45) is 0. The summed E-state index contributed by atoms with van der Waals surface area (Å²) in [4.78, 5) is 0. The predicted molar refractivity (Wildman–Crippen MR) is 91.6 cm³/mol. The van der Waals surface area contributed by atoms with Crippen molar-refractivity contribution < 1.29 is 0 Å². The molecule has 102 valence electrons. The molecule has 4 rings (SSSR count). The summed E-state index contributed by atoms with van der Waals surface area (Å²) >= 11 is 0. The second-order valence-corrected chi connectivity index (χ2v) is 5.38. The third-order valence-electron chi connectivity index (χ3n) is 4.08. The highest BCUT2D eigenvalue weighted by Gasteiger charge is 2.08. The molecule has 0 aromatic heterocycles. The summed E-state index contributed by atoms with van der Waals surface area (Å²) in [7, 11) is 0. The number of fused-ring (bicyclic) bond motifs is 2. The first kappa shape index (κ1) is 12.6. The largest absolute Gasteiger partial charge is 0.192 e. The number of benzene rings is 4. The second kappa shape index (κ2) is 5.02. The first-order valence-corrected chi connectivity index (χ1v) is 7.28. The Morgan fingerprint density at radius 1 is 0.591 bits per heavy atom. The molecular weight excluding hydrogens is 266 g/mol. The summed E-state index contributed by atoms with van der Waals surface area (Å²) in [5, 5.41) is 14.2. The Kier molecular flexibility index (Phi) is 2.88. The number of hydrogen-bond acceptors (Lipinski definition) is 1. The first-order chi connectivity index (χ1) is 10.9. The van der Waals surface area contributed by atoms with E-state index in [1.807, 2.05) is 24.3 Å². The van der Waals surface area contributed by atoms with Gasteiger partial charge in [-0.05, 0) is 45.3 Å². The van der Waals surface area contributed by atoms with Crippen LogP contribution in [-0.4, -0.2) is 0 Å². The molecule has 0 aliphatic rings. The fraction of sp³-hybridized carbons (Fsp3) is 0. The molecule has 22 heavy (non-hydrogen) atoms. The Hall–Kier alpha value is -3.11. The van der Waals surface area contributed by atoms with E-state index in [4.69, 9.17) is 0 Å². The van der Waals surface area contributed by atoms with Gasteiger partial charge in [0, 0.05) is 5.56 Å². The van der Waals surface area contributed by atoms with Gasteiger partial charge in [-0.25, -0.2) is 0 Å². The van der Waals surface area contributed by atoms with Crippen LogP contribution < -0.4 is 0 Å². The zero-order chi connectivity index (χ0) is 14.9. The summed E-state index contributed by atoms with van der Waals surface area (Å²) in [6, 6.07) is 29.1. The molecule has 0 unspecified atom stereocenters. The molecule has 0 radical (unpaired) electrons. The lowest BCUT2D eigenvalue weighted by Crippen LogP contribution is -1.86. The molecule has 4 aromatic carbocycles. The van der Waals surface area contributed by atoms with Gasteiger partial charge in [-0.3, -0.25) is 0 Å². The highest BCUT2D eigenvalue weighted by molar-refractivity contribution is 6.05. The molecule has 0 spiro atoms. The van der Waals surface area contributed by atoms with Gasteiger partial charge in [0.25, 0.3) is 0 Å². The maximum absolute atomic E-state index is 9.37. The minimum atomic E-state index is 0.711. The van der Waals surface area contributed by atoms with Crippen LogP contribution in [0.15, 0.2) is 78.9 Å². The van der Waals surface area contributed by atoms with Gasteiger partial charge in [0.1, 0.15) is 0 Å². The average molecular weight is 279 g/mol. The van der Waals surface area contributed by atoms with E-state index in [1.54, 1.807) is 0 Å². The van der Waals surface area contributed by atoms with Crippen molar-refractivity contribution in [3.05, 3.63) is 84.4 Å². The Bertz CT molecular complexity index is 1040. The Morgan fingerprint density at radius 3 is 2.05 bits per heavy atom. The van der Waals surface area contributed by atoms with Gasteiger partial charge in [0.05, 0.1) is 11.6 Å². The van der Waals surface area contributed by atoms with Crippen LogP contribution in [0.2, 0.25) is 0 Å². The number of hydrogen-bond donors (Lipinski definition) is 0. The van der Waals surface area contributed by atoms with E-state index in [0.29, 0.717) is 5.56 Å². The van der Waals surface area contributed by atoms with Crippen molar-refractivity contribution in [3.63, 3.8) is 0 Å². The van der Waals surface area contributed by atoms with E-state index in [-0.39, 0.29) is 0 Å². The molecule has 0 atom stereocenters. The van der Waals surface area contributed by atoms with E-state index in [1.165, 1.54) is 21.5 Å². The van der Waals surface area contributed by atoms with Gasteiger partial charge in [0.2, 0.25) is 0 Å². The molecule has 0 heterocycles. The Labute approximate surface area is 129 Å². The Balaban J connectivity index is 2.10. The maximum atomic E-state index is 9.37. The third-order valence-corrected chi connectivity index (χ3v) is 4.08. The molecule has 1 nitrogen and oxygen atoms in total. The maximum Gasteiger partial charge on any atom is 0.0998 e. The number of nitriles is 1. The molecule has 0 N–H and O–H groups in total. The molecule has 0 aliphatic heterocycles. The van der Waals surface area contributed by atoms with Crippen LogP contribution in [0, 0.1) is 11.3 Å². The second-order valence-electron chi connectivity index (χ2n) is 5.38. The SMILES string of the molecule is N#Cc1ccccc1-c1cccc2cc3ccccc3cc12. The monoisotopic (exact) mass is 279 g/mol. The predicted octanol–water partition coefficient (Wildman–Crippen LogP) is 5.53. The third kappa shape index (κ3) is 1.94. The molecule has 0 aliphatic carbocycles. The van der Waals surface area contributed by atoms with Gasteiger partial charge in [-0.1, -0.05) is 60.7 Å². The van der Waals surface area contributed by atoms with Crippen molar-refractivity contribution in [2.45, 2.75) is 0 Å². The summed E-state index contributed by atoms with van der Waals surface area (Å²) in [5.41, 5.74) is 2.81.